The van der Waals surface area contributed by atoms with Crippen molar-refractivity contribution in [3.63, 3.8) is 0 Å². The number of rotatable bonds is 8. The number of benzene rings is 1. The zero-order chi connectivity index (χ0) is 22.1. The monoisotopic (exact) mass is 436 g/mol. The van der Waals surface area contributed by atoms with E-state index in [0.29, 0.717) is 18.2 Å². The molecular weight excluding hydrogens is 404 g/mol. The van der Waals surface area contributed by atoms with Crippen LogP contribution in [0, 0.1) is 5.92 Å². The molecule has 0 atom stereocenters. The lowest BCUT2D eigenvalue weighted by Gasteiger charge is -2.26. The van der Waals surface area contributed by atoms with Gasteiger partial charge in [-0.2, -0.15) is 4.98 Å². The van der Waals surface area contributed by atoms with Crippen molar-refractivity contribution in [1.82, 2.24) is 19.4 Å². The van der Waals surface area contributed by atoms with Gasteiger partial charge in [-0.1, -0.05) is 0 Å². The summed E-state index contributed by atoms with van der Waals surface area (Å²) in [5.41, 5.74) is 16.3. The zero-order valence-corrected chi connectivity index (χ0v) is 18.7. The molecule has 3 aromatic rings. The number of nitrogens with two attached hydrogens (primary N) is 2. The first kappa shape index (κ1) is 21.0. The molecule has 2 aliphatic rings. The van der Waals surface area contributed by atoms with E-state index in [-0.39, 0.29) is 5.95 Å². The fourth-order valence-corrected chi connectivity index (χ4v) is 4.41. The molecule has 8 heteroatoms. The SMILES string of the molecule is CCn1cc(CN2CCOCC2)c2c(OCC3CC3)cc(Cc3cnc(N)nc3N)cc21. The molecule has 0 bridgehead atoms. The molecule has 1 saturated carbocycles. The molecule has 1 aliphatic carbocycles. The second-order valence-corrected chi connectivity index (χ2v) is 8.89. The predicted molar refractivity (Wildman–Crippen MR) is 126 cm³/mol. The van der Waals surface area contributed by atoms with Gasteiger partial charge in [0.2, 0.25) is 5.95 Å². The van der Waals surface area contributed by atoms with Gasteiger partial charge in [-0.3, -0.25) is 4.90 Å². The van der Waals surface area contributed by atoms with Crippen LogP contribution in [0.25, 0.3) is 10.9 Å². The first-order valence-corrected chi connectivity index (χ1v) is 11.5. The summed E-state index contributed by atoms with van der Waals surface area (Å²) in [6.07, 6.45) is 7.16. The van der Waals surface area contributed by atoms with Crippen molar-refractivity contribution < 1.29 is 9.47 Å². The maximum Gasteiger partial charge on any atom is 0.221 e. The zero-order valence-electron chi connectivity index (χ0n) is 18.7. The average Bonchev–Trinajstić information content (AvgIpc) is 3.56. The molecule has 170 valence electrons. The van der Waals surface area contributed by atoms with Gasteiger partial charge in [0.05, 0.1) is 25.3 Å². The Morgan fingerprint density at radius 3 is 2.69 bits per heavy atom. The van der Waals surface area contributed by atoms with Crippen LogP contribution in [-0.4, -0.2) is 52.3 Å². The minimum atomic E-state index is 0.197. The van der Waals surface area contributed by atoms with Gasteiger partial charge in [0, 0.05) is 55.9 Å². The summed E-state index contributed by atoms with van der Waals surface area (Å²) in [5.74, 6) is 2.28. The summed E-state index contributed by atoms with van der Waals surface area (Å²) >= 11 is 0. The number of nitrogens with zero attached hydrogens (tertiary/aromatic N) is 4. The molecule has 1 aromatic carbocycles. The summed E-state index contributed by atoms with van der Waals surface area (Å²) < 4.78 is 14.3. The molecule has 4 N–H and O–H groups in total. The Morgan fingerprint density at radius 2 is 1.97 bits per heavy atom. The average molecular weight is 437 g/mol. The van der Waals surface area contributed by atoms with E-state index in [9.17, 15) is 0 Å². The maximum absolute atomic E-state index is 6.42. The van der Waals surface area contributed by atoms with Crippen molar-refractivity contribution in [3.05, 3.63) is 41.2 Å². The Labute approximate surface area is 188 Å². The van der Waals surface area contributed by atoms with Crippen molar-refractivity contribution in [2.24, 2.45) is 5.92 Å². The van der Waals surface area contributed by atoms with Crippen LogP contribution in [0.4, 0.5) is 11.8 Å². The van der Waals surface area contributed by atoms with E-state index in [2.05, 4.69) is 44.7 Å². The van der Waals surface area contributed by atoms with Crippen LogP contribution in [-0.2, 0) is 24.2 Å². The van der Waals surface area contributed by atoms with E-state index in [1.54, 1.807) is 6.20 Å². The van der Waals surface area contributed by atoms with E-state index in [0.717, 1.165) is 62.9 Å². The van der Waals surface area contributed by atoms with Crippen molar-refractivity contribution in [3.8, 4) is 5.75 Å². The smallest absolute Gasteiger partial charge is 0.221 e. The Kier molecular flexibility index (Phi) is 5.89. The van der Waals surface area contributed by atoms with Crippen LogP contribution in [0.5, 0.6) is 5.75 Å². The highest BCUT2D eigenvalue weighted by atomic mass is 16.5. The van der Waals surface area contributed by atoms with Gasteiger partial charge >= 0.3 is 0 Å². The molecule has 3 heterocycles. The van der Waals surface area contributed by atoms with E-state index in [4.69, 9.17) is 20.9 Å². The Morgan fingerprint density at radius 1 is 1.16 bits per heavy atom. The van der Waals surface area contributed by atoms with E-state index in [1.807, 2.05) is 0 Å². The molecule has 2 aromatic heterocycles. The summed E-state index contributed by atoms with van der Waals surface area (Å²) in [5, 5.41) is 1.23. The number of anilines is 2. The van der Waals surface area contributed by atoms with Gasteiger partial charge in [0.25, 0.3) is 0 Å². The first-order chi connectivity index (χ1) is 15.6. The van der Waals surface area contributed by atoms with E-state index < -0.39 is 0 Å². The predicted octanol–water partition coefficient (Wildman–Crippen LogP) is 2.83. The fourth-order valence-electron chi connectivity index (χ4n) is 4.41. The van der Waals surface area contributed by atoms with Crippen LogP contribution in [0.1, 0.15) is 36.5 Å². The molecule has 32 heavy (non-hydrogen) atoms. The molecule has 1 aliphatic heterocycles. The lowest BCUT2D eigenvalue weighted by Crippen LogP contribution is -2.35. The van der Waals surface area contributed by atoms with Gasteiger partial charge in [0.15, 0.2) is 0 Å². The van der Waals surface area contributed by atoms with E-state index in [1.165, 1.54) is 29.3 Å². The van der Waals surface area contributed by atoms with Gasteiger partial charge in [-0.05, 0) is 48.9 Å². The molecule has 5 rings (SSSR count). The van der Waals surface area contributed by atoms with Crippen LogP contribution >= 0.6 is 0 Å². The Balaban J connectivity index is 1.53. The number of morpholine rings is 1. The lowest BCUT2D eigenvalue weighted by molar-refractivity contribution is 0.0343. The highest BCUT2D eigenvalue weighted by molar-refractivity contribution is 5.91. The third-order valence-corrected chi connectivity index (χ3v) is 6.40. The van der Waals surface area contributed by atoms with E-state index >= 15 is 0 Å². The quantitative estimate of drug-likeness (QED) is 0.559. The van der Waals surface area contributed by atoms with Crippen molar-refractivity contribution in [2.45, 2.75) is 39.3 Å². The summed E-state index contributed by atoms with van der Waals surface area (Å²) in [6.45, 7) is 8.29. The summed E-state index contributed by atoms with van der Waals surface area (Å²) in [6, 6.07) is 4.42. The number of aryl methyl sites for hydroxylation is 1. The Hall–Kier alpha value is -2.84. The second kappa shape index (κ2) is 8.96. The number of aromatic nitrogens is 3. The van der Waals surface area contributed by atoms with Gasteiger partial charge in [-0.15, -0.1) is 0 Å². The molecule has 0 amide bonds. The van der Waals surface area contributed by atoms with Crippen LogP contribution in [0.2, 0.25) is 0 Å². The molecule has 8 nitrogen and oxygen atoms in total. The number of nitrogen functional groups attached to an aromatic ring is 2. The Bertz CT molecular complexity index is 1100. The molecule has 0 spiro atoms. The largest absolute Gasteiger partial charge is 0.493 e. The summed E-state index contributed by atoms with van der Waals surface area (Å²) in [7, 11) is 0. The van der Waals surface area contributed by atoms with Gasteiger partial charge < -0.3 is 25.5 Å². The number of hydrogen-bond acceptors (Lipinski definition) is 7. The van der Waals surface area contributed by atoms with Crippen LogP contribution in [0.3, 0.4) is 0 Å². The third kappa shape index (κ3) is 4.52. The molecule has 1 saturated heterocycles. The van der Waals surface area contributed by atoms with Crippen molar-refractivity contribution >= 4 is 22.7 Å². The fraction of sp³-hybridized carbons (Fsp3) is 0.500. The van der Waals surface area contributed by atoms with Crippen molar-refractivity contribution in [2.75, 3.05) is 44.4 Å². The minimum Gasteiger partial charge on any atom is -0.493 e. The lowest BCUT2D eigenvalue weighted by atomic mass is 10.0. The second-order valence-electron chi connectivity index (χ2n) is 8.89. The third-order valence-electron chi connectivity index (χ3n) is 6.40. The standard InChI is InChI=1S/C24H32N6O2/c1-2-30-14-19(13-29-5-7-31-8-6-29)22-20(30)10-17(11-21(22)32-15-16-3-4-16)9-18-12-27-24(26)28-23(18)25/h10-12,14,16H,2-9,13,15H2,1H3,(H4,25,26,27,28). The highest BCUT2D eigenvalue weighted by Crippen LogP contribution is 2.36. The molecule has 0 radical (unpaired) electrons. The molecule has 2 fully saturated rings. The topological polar surface area (TPSA) is 104 Å². The van der Waals surface area contributed by atoms with Crippen molar-refractivity contribution in [1.29, 1.82) is 0 Å². The van der Waals surface area contributed by atoms with Gasteiger partial charge in [0.1, 0.15) is 11.6 Å². The number of hydrogen-bond donors (Lipinski definition) is 2. The maximum atomic E-state index is 6.42. The normalized spacial score (nSPS) is 17.2. The van der Waals surface area contributed by atoms with Crippen LogP contribution in [0.15, 0.2) is 24.5 Å². The first-order valence-electron chi connectivity index (χ1n) is 11.5. The highest BCUT2D eigenvalue weighted by Gasteiger charge is 2.24. The number of ether oxygens (including phenoxy) is 2. The van der Waals surface area contributed by atoms with Gasteiger partial charge in [-0.25, -0.2) is 4.98 Å². The summed E-state index contributed by atoms with van der Waals surface area (Å²) in [4.78, 5) is 10.7. The minimum absolute atomic E-state index is 0.197. The van der Waals surface area contributed by atoms with Crippen LogP contribution < -0.4 is 16.2 Å². The molecular formula is C24H32N6O2. The molecule has 0 unspecified atom stereocenters. The number of fused-ring (bicyclic) bond motifs is 1.